The monoisotopic (exact) mass is 504 g/mol. The van der Waals surface area contributed by atoms with Crippen molar-refractivity contribution in [2.45, 2.75) is 18.9 Å². The Labute approximate surface area is 204 Å². The lowest BCUT2D eigenvalue weighted by molar-refractivity contribution is -0.136. The standard InChI is InChI=1S/C24H29FN4O5S/c1-35(32,33)29-10-2-3-17-6-9-20(15-21(17)29)27-24(31)23(30)26-16-22(28-11-13-34-14-12-28)18-4-7-19(25)8-5-18/h4-9,15,22H,2-3,10-14,16H2,1H3,(H,26,30)(H,27,31). The zero-order valence-electron chi connectivity index (χ0n) is 19.5. The quantitative estimate of drug-likeness (QED) is 0.580. The molecule has 1 fully saturated rings. The van der Waals surface area contributed by atoms with Crippen LogP contribution in [0.1, 0.15) is 23.6 Å². The van der Waals surface area contributed by atoms with Crippen molar-refractivity contribution in [1.82, 2.24) is 10.2 Å². The Balaban J connectivity index is 1.43. The van der Waals surface area contributed by atoms with Gasteiger partial charge in [-0.05, 0) is 48.2 Å². The molecule has 188 valence electrons. The first-order valence-corrected chi connectivity index (χ1v) is 13.3. The Kier molecular flexibility index (Phi) is 7.68. The number of benzene rings is 2. The molecule has 2 aliphatic heterocycles. The number of ether oxygens (including phenoxy) is 1. The van der Waals surface area contributed by atoms with Gasteiger partial charge < -0.3 is 15.4 Å². The van der Waals surface area contributed by atoms with Gasteiger partial charge in [0.1, 0.15) is 5.82 Å². The molecule has 0 aliphatic carbocycles. The Hall–Kier alpha value is -3.02. The summed E-state index contributed by atoms with van der Waals surface area (Å²) in [5.74, 6) is -2.02. The van der Waals surface area contributed by atoms with Gasteiger partial charge in [0, 0.05) is 31.9 Å². The highest BCUT2D eigenvalue weighted by Crippen LogP contribution is 2.31. The van der Waals surface area contributed by atoms with Crippen molar-refractivity contribution in [3.05, 3.63) is 59.4 Å². The average molecular weight is 505 g/mol. The fourth-order valence-corrected chi connectivity index (χ4v) is 5.44. The number of hydrogen-bond donors (Lipinski definition) is 2. The molecule has 4 rings (SSSR count). The first kappa shape index (κ1) is 25.1. The summed E-state index contributed by atoms with van der Waals surface area (Å²) in [7, 11) is -3.45. The van der Waals surface area contributed by atoms with Gasteiger partial charge in [-0.3, -0.25) is 18.8 Å². The number of rotatable bonds is 6. The first-order chi connectivity index (χ1) is 16.7. The van der Waals surface area contributed by atoms with E-state index in [4.69, 9.17) is 4.74 Å². The summed E-state index contributed by atoms with van der Waals surface area (Å²) in [6.07, 6.45) is 2.60. The van der Waals surface area contributed by atoms with Gasteiger partial charge in [-0.15, -0.1) is 0 Å². The zero-order valence-corrected chi connectivity index (χ0v) is 20.3. The Morgan fingerprint density at radius 2 is 1.77 bits per heavy atom. The van der Waals surface area contributed by atoms with Crippen molar-refractivity contribution in [2.24, 2.45) is 0 Å². The molecule has 2 aromatic rings. The summed E-state index contributed by atoms with van der Waals surface area (Å²) in [6, 6.07) is 10.8. The van der Waals surface area contributed by atoms with E-state index in [1.54, 1.807) is 30.3 Å². The second kappa shape index (κ2) is 10.7. The van der Waals surface area contributed by atoms with E-state index in [-0.39, 0.29) is 18.4 Å². The summed E-state index contributed by atoms with van der Waals surface area (Å²) in [4.78, 5) is 27.3. The van der Waals surface area contributed by atoms with Crippen LogP contribution in [0.4, 0.5) is 15.8 Å². The van der Waals surface area contributed by atoms with Crippen LogP contribution in [-0.4, -0.2) is 70.8 Å². The predicted molar refractivity (Wildman–Crippen MR) is 130 cm³/mol. The van der Waals surface area contributed by atoms with E-state index in [0.29, 0.717) is 50.6 Å². The van der Waals surface area contributed by atoms with Gasteiger partial charge in [0.25, 0.3) is 0 Å². The van der Waals surface area contributed by atoms with E-state index < -0.39 is 21.8 Å². The number of anilines is 2. The normalized spacial score (nSPS) is 17.4. The molecule has 1 atom stereocenters. The van der Waals surface area contributed by atoms with Gasteiger partial charge in [0.05, 0.1) is 31.2 Å². The lowest BCUT2D eigenvalue weighted by Gasteiger charge is -2.34. The Morgan fingerprint density at radius 1 is 1.06 bits per heavy atom. The summed E-state index contributed by atoms with van der Waals surface area (Å²) < 4.78 is 44.4. The summed E-state index contributed by atoms with van der Waals surface area (Å²) >= 11 is 0. The fraction of sp³-hybridized carbons (Fsp3) is 0.417. The van der Waals surface area contributed by atoms with E-state index in [9.17, 15) is 22.4 Å². The molecule has 0 aromatic heterocycles. The Morgan fingerprint density at radius 3 is 2.46 bits per heavy atom. The second-order valence-electron chi connectivity index (χ2n) is 8.66. The molecule has 0 saturated carbocycles. The van der Waals surface area contributed by atoms with Crippen LogP contribution in [0, 0.1) is 5.82 Å². The second-order valence-corrected chi connectivity index (χ2v) is 10.6. The van der Waals surface area contributed by atoms with Crippen LogP contribution in [0.25, 0.3) is 0 Å². The van der Waals surface area contributed by atoms with Crippen molar-refractivity contribution in [1.29, 1.82) is 0 Å². The number of fused-ring (bicyclic) bond motifs is 1. The smallest absolute Gasteiger partial charge is 0.313 e. The van der Waals surface area contributed by atoms with E-state index in [0.717, 1.165) is 23.8 Å². The maximum Gasteiger partial charge on any atom is 0.313 e. The molecule has 35 heavy (non-hydrogen) atoms. The highest BCUT2D eigenvalue weighted by Gasteiger charge is 2.26. The highest BCUT2D eigenvalue weighted by atomic mass is 32.2. The van der Waals surface area contributed by atoms with Gasteiger partial charge in [-0.1, -0.05) is 18.2 Å². The number of carbonyl (C=O) groups is 2. The molecule has 1 unspecified atom stereocenters. The molecule has 2 aliphatic rings. The van der Waals surface area contributed by atoms with E-state index in [1.807, 2.05) is 0 Å². The highest BCUT2D eigenvalue weighted by molar-refractivity contribution is 7.92. The van der Waals surface area contributed by atoms with Crippen LogP contribution in [0.3, 0.4) is 0 Å². The number of sulfonamides is 1. The SMILES string of the molecule is CS(=O)(=O)N1CCCc2ccc(NC(=O)C(=O)NCC(c3ccc(F)cc3)N3CCOCC3)cc21. The predicted octanol–water partition coefficient (Wildman–Crippen LogP) is 1.67. The van der Waals surface area contributed by atoms with Crippen LogP contribution < -0.4 is 14.9 Å². The van der Waals surface area contributed by atoms with Crippen molar-refractivity contribution < 1.29 is 27.1 Å². The minimum Gasteiger partial charge on any atom is -0.379 e. The molecule has 11 heteroatoms. The number of aryl methyl sites for hydroxylation is 1. The molecule has 0 radical (unpaired) electrons. The van der Waals surface area contributed by atoms with Crippen LogP contribution in [0.5, 0.6) is 0 Å². The number of amides is 2. The summed E-state index contributed by atoms with van der Waals surface area (Å²) in [5.41, 5.74) is 2.55. The lowest BCUT2D eigenvalue weighted by Crippen LogP contribution is -2.45. The molecule has 9 nitrogen and oxygen atoms in total. The minimum atomic E-state index is -3.45. The summed E-state index contributed by atoms with van der Waals surface area (Å²) in [6.45, 7) is 2.93. The average Bonchev–Trinajstić information content (AvgIpc) is 2.84. The van der Waals surface area contributed by atoms with Crippen LogP contribution in [0.15, 0.2) is 42.5 Å². The minimum absolute atomic E-state index is 0.157. The molecular weight excluding hydrogens is 475 g/mol. The number of hydrogen-bond acceptors (Lipinski definition) is 6. The maximum absolute atomic E-state index is 13.4. The molecule has 1 saturated heterocycles. The van der Waals surface area contributed by atoms with Crippen molar-refractivity contribution >= 4 is 33.2 Å². The fourth-order valence-electron chi connectivity index (χ4n) is 4.45. The van der Waals surface area contributed by atoms with Crippen molar-refractivity contribution in [3.8, 4) is 0 Å². The molecule has 0 bridgehead atoms. The summed E-state index contributed by atoms with van der Waals surface area (Å²) in [5, 5.41) is 5.23. The van der Waals surface area contributed by atoms with Gasteiger partial charge in [-0.2, -0.15) is 0 Å². The zero-order chi connectivity index (χ0) is 25.0. The van der Waals surface area contributed by atoms with Gasteiger partial charge >= 0.3 is 11.8 Å². The van der Waals surface area contributed by atoms with Crippen molar-refractivity contribution in [3.63, 3.8) is 0 Å². The number of carbonyl (C=O) groups excluding carboxylic acids is 2. The van der Waals surface area contributed by atoms with Gasteiger partial charge in [0.15, 0.2) is 0 Å². The number of morpholine rings is 1. The van der Waals surface area contributed by atoms with Gasteiger partial charge in [0.2, 0.25) is 10.0 Å². The van der Waals surface area contributed by atoms with Crippen LogP contribution in [-0.2, 0) is 30.8 Å². The molecule has 2 N–H and O–H groups in total. The largest absolute Gasteiger partial charge is 0.379 e. The van der Waals surface area contributed by atoms with E-state index in [1.165, 1.54) is 16.4 Å². The van der Waals surface area contributed by atoms with Gasteiger partial charge in [-0.25, -0.2) is 12.8 Å². The van der Waals surface area contributed by atoms with E-state index >= 15 is 0 Å². The number of nitrogens with one attached hydrogen (secondary N) is 2. The number of nitrogens with zero attached hydrogens (tertiary/aromatic N) is 2. The molecule has 2 aromatic carbocycles. The lowest BCUT2D eigenvalue weighted by atomic mass is 10.0. The molecule has 0 spiro atoms. The molecular formula is C24H29FN4O5S. The Bertz CT molecular complexity index is 1180. The third-order valence-corrected chi connectivity index (χ3v) is 7.40. The maximum atomic E-state index is 13.4. The molecule has 2 heterocycles. The number of halogens is 1. The topological polar surface area (TPSA) is 108 Å². The van der Waals surface area contributed by atoms with E-state index in [2.05, 4.69) is 15.5 Å². The molecule has 2 amide bonds. The van der Waals surface area contributed by atoms with Crippen LogP contribution >= 0.6 is 0 Å². The van der Waals surface area contributed by atoms with Crippen molar-refractivity contribution in [2.75, 3.05) is 55.3 Å². The third-order valence-electron chi connectivity index (χ3n) is 6.22. The van der Waals surface area contributed by atoms with Crippen LogP contribution in [0.2, 0.25) is 0 Å². The third kappa shape index (κ3) is 6.16. The first-order valence-electron chi connectivity index (χ1n) is 11.5.